The van der Waals surface area contributed by atoms with Crippen molar-refractivity contribution >= 4 is 11.7 Å². The van der Waals surface area contributed by atoms with Crippen LogP contribution in [0.4, 0.5) is 5.69 Å². The largest absolute Gasteiger partial charge is 0.493 e. The van der Waals surface area contributed by atoms with E-state index < -0.39 is 22.1 Å². The van der Waals surface area contributed by atoms with Crippen LogP contribution in [0.2, 0.25) is 0 Å². The summed E-state index contributed by atoms with van der Waals surface area (Å²) in [4.78, 5) is 20.9. The maximum absolute atomic E-state index is 10.9. The number of aromatic carboxylic acids is 1. The zero-order valence-electron chi connectivity index (χ0n) is 9.58. The van der Waals surface area contributed by atoms with E-state index in [-0.39, 0.29) is 24.7 Å². The number of carboxylic acids is 1. The van der Waals surface area contributed by atoms with E-state index in [1.807, 2.05) is 0 Å². The summed E-state index contributed by atoms with van der Waals surface area (Å²) >= 11 is 0. The summed E-state index contributed by atoms with van der Waals surface area (Å²) < 4.78 is 10.1. The first kappa shape index (κ1) is 13.7. The van der Waals surface area contributed by atoms with E-state index in [0.29, 0.717) is 0 Å². The topological polar surface area (TPSA) is 125 Å². The van der Waals surface area contributed by atoms with Crippen LogP contribution < -0.4 is 15.2 Å². The van der Waals surface area contributed by atoms with Gasteiger partial charge >= 0.3 is 5.97 Å². The van der Waals surface area contributed by atoms with Crippen LogP contribution in [0, 0.1) is 10.1 Å². The van der Waals surface area contributed by atoms with Crippen molar-refractivity contribution < 1.29 is 24.3 Å². The quantitative estimate of drug-likeness (QED) is 0.565. The molecule has 0 fully saturated rings. The van der Waals surface area contributed by atoms with Crippen LogP contribution in [0.1, 0.15) is 10.4 Å². The molecule has 8 nitrogen and oxygen atoms in total. The number of carbonyl (C=O) groups is 1. The molecule has 0 heterocycles. The van der Waals surface area contributed by atoms with Gasteiger partial charge in [0.1, 0.15) is 12.2 Å². The Labute approximate surface area is 102 Å². The Morgan fingerprint density at radius 2 is 2.17 bits per heavy atom. The second-order valence-corrected chi connectivity index (χ2v) is 3.22. The van der Waals surface area contributed by atoms with Gasteiger partial charge in [-0.05, 0) is 0 Å². The molecule has 1 rings (SSSR count). The number of methoxy groups -OCH3 is 1. The first-order valence-electron chi connectivity index (χ1n) is 4.93. The molecule has 0 aliphatic carbocycles. The average Bonchev–Trinajstić information content (AvgIpc) is 2.34. The van der Waals surface area contributed by atoms with Crippen molar-refractivity contribution in [1.82, 2.24) is 0 Å². The van der Waals surface area contributed by atoms with Gasteiger partial charge in [-0.3, -0.25) is 10.1 Å². The highest BCUT2D eigenvalue weighted by Crippen LogP contribution is 2.34. The van der Waals surface area contributed by atoms with Gasteiger partial charge in [-0.25, -0.2) is 4.79 Å². The SMILES string of the molecule is COc1cc(C(=O)O)c([N+](=O)[O-])cc1OCCN. The summed E-state index contributed by atoms with van der Waals surface area (Å²) in [6.45, 7) is 0.359. The summed E-state index contributed by atoms with van der Waals surface area (Å²) in [7, 11) is 1.31. The number of ether oxygens (including phenoxy) is 2. The van der Waals surface area contributed by atoms with Crippen LogP contribution in [0.25, 0.3) is 0 Å². The number of hydrogen-bond acceptors (Lipinski definition) is 6. The molecule has 0 saturated heterocycles. The van der Waals surface area contributed by atoms with Gasteiger partial charge in [-0.15, -0.1) is 0 Å². The molecule has 0 spiro atoms. The third-order valence-corrected chi connectivity index (χ3v) is 2.08. The number of hydrogen-bond donors (Lipinski definition) is 2. The Morgan fingerprint density at radius 3 is 2.61 bits per heavy atom. The lowest BCUT2D eigenvalue weighted by atomic mass is 10.1. The first-order chi connectivity index (χ1) is 8.51. The Kier molecular flexibility index (Phi) is 4.44. The molecule has 0 bridgehead atoms. The third-order valence-electron chi connectivity index (χ3n) is 2.08. The molecule has 0 aliphatic heterocycles. The molecular formula is C10H12N2O6. The van der Waals surface area contributed by atoms with Crippen molar-refractivity contribution in [1.29, 1.82) is 0 Å². The van der Waals surface area contributed by atoms with Crippen LogP contribution in [0.3, 0.4) is 0 Å². The lowest BCUT2D eigenvalue weighted by Crippen LogP contribution is -2.12. The fraction of sp³-hybridized carbons (Fsp3) is 0.300. The van der Waals surface area contributed by atoms with E-state index >= 15 is 0 Å². The molecule has 18 heavy (non-hydrogen) atoms. The van der Waals surface area contributed by atoms with E-state index in [0.717, 1.165) is 12.1 Å². The van der Waals surface area contributed by atoms with Crippen LogP contribution >= 0.6 is 0 Å². The predicted molar refractivity (Wildman–Crippen MR) is 61.2 cm³/mol. The Balaban J connectivity index is 3.31. The minimum atomic E-state index is -1.41. The Bertz CT molecular complexity index is 474. The highest BCUT2D eigenvalue weighted by molar-refractivity contribution is 5.93. The number of nitro groups is 1. The first-order valence-corrected chi connectivity index (χ1v) is 4.93. The predicted octanol–water partition coefficient (Wildman–Crippen LogP) is 0.639. The maximum Gasteiger partial charge on any atom is 0.342 e. The molecule has 0 aliphatic rings. The number of nitro benzene ring substituents is 1. The Morgan fingerprint density at radius 1 is 1.50 bits per heavy atom. The van der Waals surface area contributed by atoms with Gasteiger partial charge in [-0.2, -0.15) is 0 Å². The number of nitrogens with two attached hydrogens (primary N) is 1. The van der Waals surface area contributed by atoms with Gasteiger partial charge in [0.15, 0.2) is 11.5 Å². The fourth-order valence-corrected chi connectivity index (χ4v) is 1.31. The standard InChI is InChI=1S/C10H12N2O6/c1-17-8-4-6(10(13)14)7(12(15)16)5-9(8)18-3-2-11/h4-5H,2-3,11H2,1H3,(H,13,14). The van der Waals surface area contributed by atoms with Crippen LogP contribution in [-0.4, -0.2) is 36.3 Å². The molecule has 0 aromatic heterocycles. The van der Waals surface area contributed by atoms with Crippen molar-refractivity contribution in [2.45, 2.75) is 0 Å². The number of rotatable bonds is 6. The van der Waals surface area contributed by atoms with Crippen molar-refractivity contribution in [3.8, 4) is 11.5 Å². The summed E-state index contributed by atoms with van der Waals surface area (Å²) in [5, 5.41) is 19.7. The van der Waals surface area contributed by atoms with Gasteiger partial charge in [0.25, 0.3) is 5.69 Å². The van der Waals surface area contributed by atoms with Crippen LogP contribution in [0.15, 0.2) is 12.1 Å². The second kappa shape index (κ2) is 5.82. The minimum absolute atomic E-state index is 0.0830. The number of nitrogens with zero attached hydrogens (tertiary/aromatic N) is 1. The molecule has 8 heteroatoms. The monoisotopic (exact) mass is 256 g/mol. The van der Waals surface area contributed by atoms with Crippen molar-refractivity contribution in [2.24, 2.45) is 5.73 Å². The van der Waals surface area contributed by atoms with Gasteiger partial charge in [-0.1, -0.05) is 0 Å². The van der Waals surface area contributed by atoms with Crippen LogP contribution in [-0.2, 0) is 0 Å². The molecule has 0 saturated carbocycles. The van der Waals surface area contributed by atoms with Crippen LogP contribution in [0.5, 0.6) is 11.5 Å². The summed E-state index contributed by atoms with van der Waals surface area (Å²) in [5.74, 6) is -1.23. The minimum Gasteiger partial charge on any atom is -0.493 e. The second-order valence-electron chi connectivity index (χ2n) is 3.22. The molecule has 0 unspecified atom stereocenters. The van der Waals surface area contributed by atoms with Crippen molar-refractivity contribution in [2.75, 3.05) is 20.3 Å². The highest BCUT2D eigenvalue weighted by Gasteiger charge is 2.24. The number of benzene rings is 1. The van der Waals surface area contributed by atoms with Gasteiger partial charge in [0.05, 0.1) is 18.1 Å². The van der Waals surface area contributed by atoms with E-state index in [9.17, 15) is 14.9 Å². The zero-order valence-corrected chi connectivity index (χ0v) is 9.58. The van der Waals surface area contributed by atoms with Crippen molar-refractivity contribution in [3.05, 3.63) is 27.8 Å². The van der Waals surface area contributed by atoms with E-state index in [1.165, 1.54) is 7.11 Å². The van der Waals surface area contributed by atoms with Crippen molar-refractivity contribution in [3.63, 3.8) is 0 Å². The molecular weight excluding hydrogens is 244 g/mol. The number of carboxylic acid groups (broad SMARTS) is 1. The summed E-state index contributed by atoms with van der Waals surface area (Å²) in [6, 6.07) is 2.06. The third kappa shape index (κ3) is 2.86. The fourth-order valence-electron chi connectivity index (χ4n) is 1.31. The van der Waals surface area contributed by atoms with E-state index in [4.69, 9.17) is 20.3 Å². The van der Waals surface area contributed by atoms with E-state index in [2.05, 4.69) is 0 Å². The lowest BCUT2D eigenvalue weighted by Gasteiger charge is -2.10. The smallest absolute Gasteiger partial charge is 0.342 e. The normalized spacial score (nSPS) is 9.89. The molecule has 0 radical (unpaired) electrons. The molecule has 1 aromatic rings. The molecule has 98 valence electrons. The van der Waals surface area contributed by atoms with Gasteiger partial charge in [0.2, 0.25) is 0 Å². The van der Waals surface area contributed by atoms with Gasteiger partial charge < -0.3 is 20.3 Å². The summed E-state index contributed by atoms with van der Waals surface area (Å²) in [5.41, 5.74) is 4.23. The molecule has 0 atom stereocenters. The summed E-state index contributed by atoms with van der Waals surface area (Å²) in [6.07, 6.45) is 0. The molecule has 0 amide bonds. The molecule has 1 aromatic carbocycles. The Hall–Kier alpha value is -2.35. The van der Waals surface area contributed by atoms with Gasteiger partial charge in [0, 0.05) is 12.6 Å². The molecule has 3 N–H and O–H groups in total. The zero-order chi connectivity index (χ0) is 13.7. The maximum atomic E-state index is 10.9. The van der Waals surface area contributed by atoms with E-state index in [1.54, 1.807) is 0 Å². The average molecular weight is 256 g/mol. The highest BCUT2D eigenvalue weighted by atomic mass is 16.6. The lowest BCUT2D eigenvalue weighted by molar-refractivity contribution is -0.385.